The van der Waals surface area contributed by atoms with Gasteiger partial charge in [0.05, 0.1) is 0 Å². The van der Waals surface area contributed by atoms with Crippen molar-refractivity contribution < 1.29 is 0 Å². The van der Waals surface area contributed by atoms with Crippen molar-refractivity contribution in [2.24, 2.45) is 0 Å². The summed E-state index contributed by atoms with van der Waals surface area (Å²) in [6, 6.07) is 6.30. The van der Waals surface area contributed by atoms with Gasteiger partial charge in [-0.15, -0.1) is 0 Å². The van der Waals surface area contributed by atoms with Crippen molar-refractivity contribution in [2.75, 3.05) is 18.4 Å². The molecule has 0 bridgehead atoms. The summed E-state index contributed by atoms with van der Waals surface area (Å²) in [5.74, 6) is 0. The van der Waals surface area contributed by atoms with E-state index in [0.29, 0.717) is 0 Å². The van der Waals surface area contributed by atoms with Crippen LogP contribution in [0, 0.1) is 13.8 Å². The van der Waals surface area contributed by atoms with Crippen LogP contribution in [-0.2, 0) is 0 Å². The van der Waals surface area contributed by atoms with Crippen LogP contribution in [0.4, 0.5) is 5.69 Å². The van der Waals surface area contributed by atoms with Crippen LogP contribution >= 0.6 is 12.2 Å². The molecule has 2 rings (SSSR count). The van der Waals surface area contributed by atoms with E-state index < -0.39 is 0 Å². The van der Waals surface area contributed by atoms with Gasteiger partial charge in [-0.2, -0.15) is 0 Å². The first kappa shape index (κ1) is 12.4. The average molecular weight is 248 g/mol. The number of likely N-dealkylation sites (tertiary alicyclic amines) is 1. The van der Waals surface area contributed by atoms with Crippen molar-refractivity contribution >= 4 is 23.0 Å². The molecule has 1 heterocycles. The zero-order chi connectivity index (χ0) is 12.3. The third kappa shape index (κ3) is 2.97. The van der Waals surface area contributed by atoms with Gasteiger partial charge in [0, 0.05) is 18.8 Å². The monoisotopic (exact) mass is 248 g/mol. The molecular weight excluding hydrogens is 228 g/mol. The van der Waals surface area contributed by atoms with Crippen LogP contribution in [0.5, 0.6) is 0 Å². The van der Waals surface area contributed by atoms with Crippen LogP contribution < -0.4 is 5.32 Å². The zero-order valence-corrected chi connectivity index (χ0v) is 11.4. The van der Waals surface area contributed by atoms with Gasteiger partial charge in [-0.05, 0) is 62.5 Å². The smallest absolute Gasteiger partial charge is 0.173 e. The lowest BCUT2D eigenvalue weighted by molar-refractivity contribution is 0.346. The van der Waals surface area contributed by atoms with Crippen LogP contribution in [0.15, 0.2) is 18.2 Å². The van der Waals surface area contributed by atoms with Gasteiger partial charge in [-0.3, -0.25) is 0 Å². The van der Waals surface area contributed by atoms with Crippen LogP contribution in [0.2, 0.25) is 0 Å². The standard InChI is InChI=1S/C14H20N2S/c1-11-7-6-8-13(12(11)2)15-14(17)16-9-4-3-5-10-16/h6-8H,3-5,9-10H2,1-2H3,(H,15,17). The molecule has 1 N–H and O–H groups in total. The number of benzene rings is 1. The Hall–Kier alpha value is -1.09. The number of nitrogens with zero attached hydrogens (tertiary/aromatic N) is 1. The molecule has 3 heteroatoms. The van der Waals surface area contributed by atoms with Crippen molar-refractivity contribution in [2.45, 2.75) is 33.1 Å². The van der Waals surface area contributed by atoms with Crippen LogP contribution in [0.25, 0.3) is 0 Å². The van der Waals surface area contributed by atoms with E-state index in [4.69, 9.17) is 12.2 Å². The molecule has 1 aromatic carbocycles. The molecule has 0 unspecified atom stereocenters. The Morgan fingerprint density at radius 1 is 1.18 bits per heavy atom. The third-order valence-electron chi connectivity index (χ3n) is 3.49. The number of hydrogen-bond acceptors (Lipinski definition) is 1. The summed E-state index contributed by atoms with van der Waals surface area (Å²) in [5.41, 5.74) is 3.73. The number of nitrogens with one attached hydrogen (secondary N) is 1. The molecule has 0 saturated carbocycles. The first-order chi connectivity index (χ1) is 8.18. The SMILES string of the molecule is Cc1cccc(NC(=S)N2CCCCC2)c1C. The molecule has 0 amide bonds. The molecule has 0 aromatic heterocycles. The number of rotatable bonds is 1. The summed E-state index contributed by atoms with van der Waals surface area (Å²) >= 11 is 5.47. The van der Waals surface area contributed by atoms with E-state index >= 15 is 0 Å². The van der Waals surface area contributed by atoms with Gasteiger partial charge in [-0.1, -0.05) is 12.1 Å². The molecule has 0 aliphatic carbocycles. The summed E-state index contributed by atoms with van der Waals surface area (Å²) in [5, 5.41) is 4.25. The van der Waals surface area contributed by atoms with Crippen molar-refractivity contribution in [3.8, 4) is 0 Å². The molecule has 1 fully saturated rings. The topological polar surface area (TPSA) is 15.3 Å². The molecule has 2 nitrogen and oxygen atoms in total. The average Bonchev–Trinajstić information content (AvgIpc) is 2.36. The lowest BCUT2D eigenvalue weighted by Crippen LogP contribution is -2.38. The highest BCUT2D eigenvalue weighted by Gasteiger charge is 2.13. The van der Waals surface area contributed by atoms with Crippen LogP contribution in [-0.4, -0.2) is 23.1 Å². The van der Waals surface area contributed by atoms with E-state index in [0.717, 1.165) is 23.9 Å². The minimum atomic E-state index is 0.874. The Morgan fingerprint density at radius 2 is 1.88 bits per heavy atom. The van der Waals surface area contributed by atoms with Gasteiger partial charge >= 0.3 is 0 Å². The Labute approximate surface area is 109 Å². The zero-order valence-electron chi connectivity index (χ0n) is 10.6. The highest BCUT2D eigenvalue weighted by Crippen LogP contribution is 2.19. The Kier molecular flexibility index (Phi) is 4.00. The van der Waals surface area contributed by atoms with Crippen molar-refractivity contribution in [1.29, 1.82) is 0 Å². The predicted molar refractivity (Wildman–Crippen MR) is 77.6 cm³/mol. The number of aryl methyl sites for hydroxylation is 1. The summed E-state index contributed by atoms with van der Waals surface area (Å²) in [4.78, 5) is 2.28. The normalized spacial score (nSPS) is 15.8. The summed E-state index contributed by atoms with van der Waals surface area (Å²) in [6.45, 7) is 6.45. The van der Waals surface area contributed by atoms with E-state index in [-0.39, 0.29) is 0 Å². The highest BCUT2D eigenvalue weighted by atomic mass is 32.1. The maximum Gasteiger partial charge on any atom is 0.173 e. The summed E-state index contributed by atoms with van der Waals surface area (Å²) < 4.78 is 0. The molecule has 1 aromatic rings. The predicted octanol–water partition coefficient (Wildman–Crippen LogP) is 3.49. The van der Waals surface area contributed by atoms with E-state index in [9.17, 15) is 0 Å². The fraction of sp³-hybridized carbons (Fsp3) is 0.500. The van der Waals surface area contributed by atoms with Crippen molar-refractivity contribution in [3.63, 3.8) is 0 Å². The fourth-order valence-corrected chi connectivity index (χ4v) is 2.47. The number of hydrogen-bond donors (Lipinski definition) is 1. The van der Waals surface area contributed by atoms with Crippen LogP contribution in [0.1, 0.15) is 30.4 Å². The van der Waals surface area contributed by atoms with Gasteiger partial charge in [-0.25, -0.2) is 0 Å². The lowest BCUT2D eigenvalue weighted by Gasteiger charge is -2.29. The molecule has 1 aliphatic heterocycles. The lowest BCUT2D eigenvalue weighted by atomic mass is 10.1. The second-order valence-electron chi connectivity index (χ2n) is 4.73. The first-order valence-electron chi connectivity index (χ1n) is 6.30. The van der Waals surface area contributed by atoms with Gasteiger partial charge in [0.1, 0.15) is 0 Å². The van der Waals surface area contributed by atoms with E-state index in [1.165, 1.54) is 30.4 Å². The van der Waals surface area contributed by atoms with Gasteiger partial charge in [0.15, 0.2) is 5.11 Å². The van der Waals surface area contributed by atoms with Gasteiger partial charge in [0.25, 0.3) is 0 Å². The molecule has 0 spiro atoms. The summed E-state index contributed by atoms with van der Waals surface area (Å²) in [7, 11) is 0. The molecule has 1 aliphatic rings. The number of thiocarbonyl (C=S) groups is 1. The Bertz CT molecular complexity index is 409. The van der Waals surface area contributed by atoms with Crippen LogP contribution in [0.3, 0.4) is 0 Å². The minimum absolute atomic E-state index is 0.874. The quantitative estimate of drug-likeness (QED) is 0.766. The minimum Gasteiger partial charge on any atom is -0.349 e. The second-order valence-corrected chi connectivity index (χ2v) is 5.11. The second kappa shape index (κ2) is 5.50. The molecule has 1 saturated heterocycles. The maximum absolute atomic E-state index is 5.47. The Morgan fingerprint density at radius 3 is 2.59 bits per heavy atom. The number of piperidine rings is 1. The van der Waals surface area contributed by atoms with Crippen molar-refractivity contribution in [1.82, 2.24) is 4.90 Å². The third-order valence-corrected chi connectivity index (χ3v) is 3.85. The van der Waals surface area contributed by atoms with E-state index in [1.807, 2.05) is 0 Å². The molecule has 17 heavy (non-hydrogen) atoms. The molecule has 0 radical (unpaired) electrons. The molecule has 92 valence electrons. The van der Waals surface area contributed by atoms with E-state index in [2.05, 4.69) is 42.3 Å². The highest BCUT2D eigenvalue weighted by molar-refractivity contribution is 7.80. The Balaban J connectivity index is 2.04. The maximum atomic E-state index is 5.47. The fourth-order valence-electron chi connectivity index (χ4n) is 2.18. The van der Waals surface area contributed by atoms with Crippen molar-refractivity contribution in [3.05, 3.63) is 29.3 Å². The summed E-state index contributed by atoms with van der Waals surface area (Å²) in [6.07, 6.45) is 3.85. The molecule has 0 atom stereocenters. The van der Waals surface area contributed by atoms with E-state index in [1.54, 1.807) is 0 Å². The molecular formula is C14H20N2S. The largest absolute Gasteiger partial charge is 0.349 e. The van der Waals surface area contributed by atoms with Gasteiger partial charge < -0.3 is 10.2 Å². The van der Waals surface area contributed by atoms with Gasteiger partial charge in [0.2, 0.25) is 0 Å². The first-order valence-corrected chi connectivity index (χ1v) is 6.71. The number of anilines is 1.